The van der Waals surface area contributed by atoms with Crippen LogP contribution in [0.1, 0.15) is 12.8 Å². The van der Waals surface area contributed by atoms with Crippen LogP contribution in [0, 0.1) is 12.3 Å². The number of terminal acetylenes is 1. The third-order valence-corrected chi connectivity index (χ3v) is 2.25. The Bertz CT molecular complexity index is 253. The van der Waals surface area contributed by atoms with Crippen LogP contribution < -0.4 is 0 Å². The van der Waals surface area contributed by atoms with Gasteiger partial charge in [0.15, 0.2) is 0 Å². The molecule has 0 aromatic carbocycles. The van der Waals surface area contributed by atoms with Crippen molar-refractivity contribution in [3.8, 4) is 12.3 Å². The Kier molecular flexibility index (Phi) is 4.25. The quantitative estimate of drug-likeness (QED) is 0.400. The second-order valence-electron chi connectivity index (χ2n) is 2.20. The van der Waals surface area contributed by atoms with Gasteiger partial charge in [-0.05, 0) is 6.42 Å². The van der Waals surface area contributed by atoms with E-state index in [-0.39, 0.29) is 0 Å². The van der Waals surface area contributed by atoms with Gasteiger partial charge in [-0.2, -0.15) is 0 Å². The molecule has 0 radical (unpaired) electrons. The average Bonchev–Trinajstić information content (AvgIpc) is 2.14. The first kappa shape index (κ1) is 9.08. The first-order chi connectivity index (χ1) is 5.93. The molecule has 0 fully saturated rings. The van der Waals surface area contributed by atoms with Crippen LogP contribution in [-0.2, 0) is 0 Å². The van der Waals surface area contributed by atoms with Crippen molar-refractivity contribution in [2.24, 2.45) is 0 Å². The highest BCUT2D eigenvalue weighted by atomic mass is 32.2. The fourth-order valence-electron chi connectivity index (χ4n) is 0.711. The zero-order valence-corrected chi connectivity index (χ0v) is 7.55. The Morgan fingerprint density at radius 1 is 1.50 bits per heavy atom. The van der Waals surface area contributed by atoms with E-state index in [2.05, 4.69) is 15.9 Å². The smallest absolute Gasteiger partial charge is 0.114 e. The van der Waals surface area contributed by atoms with Gasteiger partial charge in [0.1, 0.15) is 5.03 Å². The average molecular weight is 178 g/mol. The van der Waals surface area contributed by atoms with E-state index in [0.717, 1.165) is 23.6 Å². The van der Waals surface area contributed by atoms with Crippen molar-refractivity contribution >= 4 is 11.8 Å². The van der Waals surface area contributed by atoms with Gasteiger partial charge in [0.05, 0.1) is 6.20 Å². The summed E-state index contributed by atoms with van der Waals surface area (Å²) in [6.45, 7) is 0. The molecule has 0 aliphatic carbocycles. The summed E-state index contributed by atoms with van der Waals surface area (Å²) in [5.74, 6) is 3.62. The van der Waals surface area contributed by atoms with Gasteiger partial charge >= 0.3 is 0 Å². The Labute approximate surface area is 76.8 Å². The Morgan fingerprint density at radius 3 is 3.08 bits per heavy atom. The van der Waals surface area contributed by atoms with Gasteiger partial charge < -0.3 is 0 Å². The summed E-state index contributed by atoms with van der Waals surface area (Å²) in [6, 6.07) is 0. The van der Waals surface area contributed by atoms with Crippen molar-refractivity contribution in [1.29, 1.82) is 0 Å². The number of unbranched alkanes of at least 4 members (excludes halogenated alkanes) is 1. The van der Waals surface area contributed by atoms with E-state index in [0.29, 0.717) is 0 Å². The molecule has 0 saturated heterocycles. The van der Waals surface area contributed by atoms with Crippen LogP contribution in [0.25, 0.3) is 0 Å². The van der Waals surface area contributed by atoms with E-state index in [1.807, 2.05) is 0 Å². The highest BCUT2D eigenvalue weighted by Crippen LogP contribution is 2.14. The van der Waals surface area contributed by atoms with E-state index in [9.17, 15) is 0 Å². The van der Waals surface area contributed by atoms with Gasteiger partial charge in [-0.25, -0.2) is 4.98 Å². The lowest BCUT2D eigenvalue weighted by atomic mass is 10.4. The molecule has 0 bridgehead atoms. The monoisotopic (exact) mass is 178 g/mol. The second kappa shape index (κ2) is 5.62. The second-order valence-corrected chi connectivity index (χ2v) is 3.31. The fraction of sp³-hybridized carbons (Fsp3) is 0.333. The molecular weight excluding hydrogens is 168 g/mol. The summed E-state index contributed by atoms with van der Waals surface area (Å²) in [5.41, 5.74) is 0. The summed E-state index contributed by atoms with van der Waals surface area (Å²) in [5, 5.41) is 0.967. The molecule has 1 heterocycles. The number of hydrogen-bond donors (Lipinski definition) is 0. The van der Waals surface area contributed by atoms with Gasteiger partial charge in [-0.15, -0.1) is 24.1 Å². The highest BCUT2D eigenvalue weighted by Gasteiger charge is 1.92. The van der Waals surface area contributed by atoms with Gasteiger partial charge in [0.25, 0.3) is 0 Å². The predicted octanol–water partition coefficient (Wildman–Crippen LogP) is 1.98. The van der Waals surface area contributed by atoms with Crippen molar-refractivity contribution in [2.75, 3.05) is 5.75 Å². The lowest BCUT2D eigenvalue weighted by Crippen LogP contribution is -1.83. The van der Waals surface area contributed by atoms with E-state index in [4.69, 9.17) is 6.42 Å². The number of thioether (sulfide) groups is 1. The largest absolute Gasteiger partial charge is 0.260 e. The van der Waals surface area contributed by atoms with Crippen molar-refractivity contribution in [2.45, 2.75) is 17.9 Å². The molecule has 0 spiro atoms. The lowest BCUT2D eigenvalue weighted by molar-refractivity contribution is 0.987. The van der Waals surface area contributed by atoms with Gasteiger partial charge in [0, 0.05) is 24.6 Å². The highest BCUT2D eigenvalue weighted by molar-refractivity contribution is 7.99. The molecule has 12 heavy (non-hydrogen) atoms. The molecule has 2 nitrogen and oxygen atoms in total. The van der Waals surface area contributed by atoms with Crippen LogP contribution in [0.3, 0.4) is 0 Å². The predicted molar refractivity (Wildman–Crippen MR) is 50.8 cm³/mol. The number of hydrogen-bond acceptors (Lipinski definition) is 3. The molecule has 0 aliphatic heterocycles. The van der Waals surface area contributed by atoms with Crippen molar-refractivity contribution < 1.29 is 0 Å². The maximum Gasteiger partial charge on any atom is 0.114 e. The standard InChI is InChI=1S/C9H10N2S/c1-2-3-4-7-12-9-8-10-5-6-11-9/h1,5-6,8H,3-4,7H2. The third kappa shape index (κ3) is 3.40. The summed E-state index contributed by atoms with van der Waals surface area (Å²) in [4.78, 5) is 8.09. The van der Waals surface area contributed by atoms with Crippen molar-refractivity contribution in [3.63, 3.8) is 0 Å². The third-order valence-electron chi connectivity index (χ3n) is 1.25. The maximum atomic E-state index is 5.12. The van der Waals surface area contributed by atoms with Gasteiger partial charge in [-0.3, -0.25) is 4.98 Å². The van der Waals surface area contributed by atoms with Gasteiger partial charge in [0.2, 0.25) is 0 Å². The molecule has 0 N–H and O–H groups in total. The minimum atomic E-state index is 0.841. The van der Waals surface area contributed by atoms with E-state index in [1.165, 1.54) is 0 Å². The molecule has 0 atom stereocenters. The molecule has 62 valence electrons. The van der Waals surface area contributed by atoms with Crippen LogP contribution in [0.2, 0.25) is 0 Å². The SMILES string of the molecule is C#CCCCSc1cnccn1. The summed E-state index contributed by atoms with van der Waals surface area (Å²) in [6.07, 6.45) is 12.1. The molecule has 0 amide bonds. The minimum Gasteiger partial charge on any atom is -0.260 e. The van der Waals surface area contributed by atoms with Crippen molar-refractivity contribution in [3.05, 3.63) is 18.6 Å². The van der Waals surface area contributed by atoms with Crippen molar-refractivity contribution in [1.82, 2.24) is 9.97 Å². The zero-order chi connectivity index (χ0) is 8.65. The topological polar surface area (TPSA) is 25.8 Å². The fourth-order valence-corrected chi connectivity index (χ4v) is 1.48. The number of aromatic nitrogens is 2. The van der Waals surface area contributed by atoms with Crippen LogP contribution in [-0.4, -0.2) is 15.7 Å². The molecule has 3 heteroatoms. The zero-order valence-electron chi connectivity index (χ0n) is 6.73. The van der Waals surface area contributed by atoms with Gasteiger partial charge in [-0.1, -0.05) is 0 Å². The molecule has 0 aliphatic rings. The number of nitrogens with zero attached hydrogens (tertiary/aromatic N) is 2. The van der Waals surface area contributed by atoms with Crippen LogP contribution in [0.15, 0.2) is 23.6 Å². The van der Waals surface area contributed by atoms with E-state index >= 15 is 0 Å². The first-order valence-corrected chi connectivity index (χ1v) is 4.74. The molecule has 1 aromatic rings. The molecule has 0 unspecified atom stereocenters. The van der Waals surface area contributed by atoms with E-state index in [1.54, 1.807) is 30.4 Å². The normalized spacial score (nSPS) is 9.25. The van der Waals surface area contributed by atoms with Crippen LogP contribution in [0.5, 0.6) is 0 Å². The lowest BCUT2D eigenvalue weighted by Gasteiger charge is -1.96. The molecule has 1 rings (SSSR count). The van der Waals surface area contributed by atoms with Crippen LogP contribution >= 0.6 is 11.8 Å². The molecular formula is C9H10N2S. The maximum absolute atomic E-state index is 5.12. The Morgan fingerprint density at radius 2 is 2.42 bits per heavy atom. The molecule has 1 aromatic heterocycles. The Hall–Kier alpha value is -1.01. The van der Waals surface area contributed by atoms with E-state index < -0.39 is 0 Å². The van der Waals surface area contributed by atoms with Crippen LogP contribution in [0.4, 0.5) is 0 Å². The summed E-state index contributed by atoms with van der Waals surface area (Å²) in [7, 11) is 0. The number of rotatable bonds is 4. The summed E-state index contributed by atoms with van der Waals surface area (Å²) < 4.78 is 0. The first-order valence-electron chi connectivity index (χ1n) is 3.76. The Balaban J connectivity index is 2.21. The molecule has 0 saturated carbocycles. The summed E-state index contributed by atoms with van der Waals surface area (Å²) >= 11 is 1.69. The minimum absolute atomic E-state index is 0.841.